The summed E-state index contributed by atoms with van der Waals surface area (Å²) in [5.74, 6) is -0.737. The lowest BCUT2D eigenvalue weighted by Gasteiger charge is -2.21. The van der Waals surface area contributed by atoms with Gasteiger partial charge in [0.1, 0.15) is 0 Å². The van der Waals surface area contributed by atoms with Gasteiger partial charge >= 0.3 is 0 Å². The minimum Gasteiger partial charge on any atom is -0.271 e. The average Bonchev–Trinajstić information content (AvgIpc) is 3.10. The van der Waals surface area contributed by atoms with E-state index in [0.29, 0.717) is 17.3 Å². The van der Waals surface area contributed by atoms with Crippen LogP contribution in [0.3, 0.4) is 0 Å². The number of carbonyl (C=O) groups is 2. The van der Waals surface area contributed by atoms with Crippen molar-refractivity contribution in [1.82, 2.24) is 5.01 Å². The quantitative estimate of drug-likeness (QED) is 0.795. The predicted molar refractivity (Wildman–Crippen MR) is 93.1 cm³/mol. The highest BCUT2D eigenvalue weighted by atomic mass is 35.5. The van der Waals surface area contributed by atoms with Gasteiger partial charge in [0, 0.05) is 0 Å². The smallest absolute Gasteiger partial charge is 0.263 e. The van der Waals surface area contributed by atoms with Crippen molar-refractivity contribution >= 4 is 29.1 Å². The summed E-state index contributed by atoms with van der Waals surface area (Å²) < 4.78 is 0. The summed E-state index contributed by atoms with van der Waals surface area (Å²) in [7, 11) is 0. The first-order valence-electron chi connectivity index (χ1n) is 7.91. The summed E-state index contributed by atoms with van der Waals surface area (Å²) in [4.78, 5) is 26.7. The maximum Gasteiger partial charge on any atom is 0.263 e. The zero-order valence-corrected chi connectivity index (χ0v) is 14.2. The van der Waals surface area contributed by atoms with Gasteiger partial charge in [-0.2, -0.15) is 5.11 Å². The molecule has 2 aromatic carbocycles. The molecule has 0 N–H and O–H groups in total. The van der Waals surface area contributed by atoms with E-state index in [1.165, 1.54) is 0 Å². The first kappa shape index (κ1) is 15.8. The first-order valence-corrected chi connectivity index (χ1v) is 8.29. The fraction of sp³-hybridized carbons (Fsp3) is 0.222. The Morgan fingerprint density at radius 2 is 1.88 bits per heavy atom. The lowest BCUT2D eigenvalue weighted by Crippen LogP contribution is -2.39. The molecule has 0 aromatic heterocycles. The van der Waals surface area contributed by atoms with Crippen molar-refractivity contribution in [3.8, 4) is 0 Å². The summed E-state index contributed by atoms with van der Waals surface area (Å²) in [6.07, 6.45) is 0. The molecule has 2 aliphatic heterocycles. The second kappa shape index (κ2) is 5.97. The normalized spacial score (nSPS) is 22.0. The standard InChI is InChI=1S/C18H15ClN4O2/c1-11-5-4-6-12(9-11)10-22-16-15(20-21-22)17(24)23(18(16)25)14-8-3-2-7-13(14)19/h2-9,15-16H,10H2,1H3. The zero-order chi connectivity index (χ0) is 17.6. The van der Waals surface area contributed by atoms with E-state index in [9.17, 15) is 9.59 Å². The lowest BCUT2D eigenvalue weighted by molar-refractivity contribution is -0.123. The highest BCUT2D eigenvalue weighted by Gasteiger charge is 2.55. The van der Waals surface area contributed by atoms with Crippen LogP contribution in [0.4, 0.5) is 5.69 Å². The van der Waals surface area contributed by atoms with Gasteiger partial charge in [0.15, 0.2) is 12.1 Å². The summed E-state index contributed by atoms with van der Waals surface area (Å²) in [6.45, 7) is 2.42. The monoisotopic (exact) mass is 354 g/mol. The summed E-state index contributed by atoms with van der Waals surface area (Å²) >= 11 is 6.16. The van der Waals surface area contributed by atoms with E-state index >= 15 is 0 Å². The minimum absolute atomic E-state index is 0.347. The van der Waals surface area contributed by atoms with Crippen LogP contribution in [-0.2, 0) is 16.1 Å². The van der Waals surface area contributed by atoms with Crippen molar-refractivity contribution < 1.29 is 9.59 Å². The Balaban J connectivity index is 1.63. The Bertz CT molecular complexity index is 898. The lowest BCUT2D eigenvalue weighted by atomic mass is 10.1. The zero-order valence-electron chi connectivity index (χ0n) is 13.5. The molecule has 0 saturated carbocycles. The van der Waals surface area contributed by atoms with Crippen LogP contribution in [0.1, 0.15) is 11.1 Å². The number of hydrogen-bond donors (Lipinski definition) is 0. The van der Waals surface area contributed by atoms with Crippen molar-refractivity contribution in [2.45, 2.75) is 25.6 Å². The number of amides is 2. The first-order chi connectivity index (χ1) is 12.1. The van der Waals surface area contributed by atoms with E-state index in [1.54, 1.807) is 29.3 Å². The van der Waals surface area contributed by atoms with Gasteiger partial charge in [-0.25, -0.2) is 4.90 Å². The topological polar surface area (TPSA) is 65.3 Å². The van der Waals surface area contributed by atoms with Gasteiger partial charge in [0.2, 0.25) is 0 Å². The van der Waals surface area contributed by atoms with Crippen molar-refractivity contribution in [1.29, 1.82) is 0 Å². The summed E-state index contributed by atoms with van der Waals surface area (Å²) in [6, 6.07) is 13.2. The van der Waals surface area contributed by atoms with Gasteiger partial charge in [-0.3, -0.25) is 14.6 Å². The number of hydrogen-bond acceptors (Lipinski definition) is 5. The Kier molecular flexibility index (Phi) is 3.77. The average molecular weight is 355 g/mol. The molecule has 126 valence electrons. The Labute approximate surface area is 149 Å². The molecule has 0 bridgehead atoms. The predicted octanol–water partition coefficient (Wildman–Crippen LogP) is 3.14. The Morgan fingerprint density at radius 3 is 2.64 bits per heavy atom. The van der Waals surface area contributed by atoms with Crippen LogP contribution in [0.25, 0.3) is 0 Å². The third-order valence-corrected chi connectivity index (χ3v) is 4.70. The van der Waals surface area contributed by atoms with E-state index in [0.717, 1.165) is 16.0 Å². The molecular formula is C18H15ClN4O2. The molecule has 0 aliphatic carbocycles. The van der Waals surface area contributed by atoms with Crippen LogP contribution in [0.15, 0.2) is 58.9 Å². The molecular weight excluding hydrogens is 340 g/mol. The van der Waals surface area contributed by atoms with E-state index in [2.05, 4.69) is 10.3 Å². The number of benzene rings is 2. The number of carbonyl (C=O) groups excluding carboxylic acids is 2. The third-order valence-electron chi connectivity index (χ3n) is 4.38. The Hall–Kier alpha value is -2.73. The van der Waals surface area contributed by atoms with Gasteiger partial charge in [-0.15, -0.1) is 0 Å². The number of anilines is 1. The molecule has 2 atom stereocenters. The minimum atomic E-state index is -0.811. The van der Waals surface area contributed by atoms with E-state index < -0.39 is 18.0 Å². The molecule has 1 saturated heterocycles. The molecule has 2 heterocycles. The molecule has 0 spiro atoms. The van der Waals surface area contributed by atoms with Crippen LogP contribution in [0.5, 0.6) is 0 Å². The molecule has 0 radical (unpaired) electrons. The van der Waals surface area contributed by atoms with E-state index in [4.69, 9.17) is 11.6 Å². The van der Waals surface area contributed by atoms with Crippen LogP contribution >= 0.6 is 11.6 Å². The van der Waals surface area contributed by atoms with Gasteiger partial charge < -0.3 is 0 Å². The maximum atomic E-state index is 12.9. The van der Waals surface area contributed by atoms with Crippen LogP contribution in [0, 0.1) is 6.92 Å². The number of aryl methyl sites for hydroxylation is 1. The molecule has 6 nitrogen and oxygen atoms in total. The number of imide groups is 1. The fourth-order valence-corrected chi connectivity index (χ4v) is 3.44. The number of rotatable bonds is 3. The van der Waals surface area contributed by atoms with Crippen molar-refractivity contribution in [2.24, 2.45) is 10.3 Å². The van der Waals surface area contributed by atoms with Crippen LogP contribution in [0.2, 0.25) is 5.02 Å². The third kappa shape index (κ3) is 2.59. The highest BCUT2D eigenvalue weighted by Crippen LogP contribution is 2.35. The fourth-order valence-electron chi connectivity index (χ4n) is 3.22. The van der Waals surface area contributed by atoms with Gasteiger partial charge in [0.25, 0.3) is 11.8 Å². The molecule has 1 fully saturated rings. The largest absolute Gasteiger partial charge is 0.271 e. The van der Waals surface area contributed by atoms with E-state index in [1.807, 2.05) is 31.2 Å². The second-order valence-corrected chi connectivity index (χ2v) is 6.55. The van der Waals surface area contributed by atoms with E-state index in [-0.39, 0.29) is 5.91 Å². The number of para-hydroxylation sites is 1. The van der Waals surface area contributed by atoms with Crippen molar-refractivity contribution in [3.05, 3.63) is 64.7 Å². The molecule has 2 amide bonds. The second-order valence-electron chi connectivity index (χ2n) is 6.14. The summed E-state index contributed by atoms with van der Waals surface area (Å²) in [5.41, 5.74) is 2.52. The van der Waals surface area contributed by atoms with Gasteiger partial charge in [-0.05, 0) is 24.6 Å². The van der Waals surface area contributed by atoms with Gasteiger partial charge in [0.05, 0.1) is 17.3 Å². The van der Waals surface area contributed by atoms with Crippen molar-refractivity contribution in [2.75, 3.05) is 4.90 Å². The highest BCUT2D eigenvalue weighted by molar-refractivity contribution is 6.36. The van der Waals surface area contributed by atoms with Crippen LogP contribution < -0.4 is 4.90 Å². The number of halogens is 1. The molecule has 2 aromatic rings. The number of nitrogens with zero attached hydrogens (tertiary/aromatic N) is 4. The molecule has 7 heteroatoms. The van der Waals surface area contributed by atoms with Crippen LogP contribution in [-0.4, -0.2) is 28.9 Å². The molecule has 4 rings (SSSR count). The summed E-state index contributed by atoms with van der Waals surface area (Å²) in [5, 5.41) is 10.0. The maximum absolute atomic E-state index is 12.9. The molecule has 25 heavy (non-hydrogen) atoms. The number of fused-ring (bicyclic) bond motifs is 1. The SMILES string of the molecule is Cc1cccc(CN2N=NC3C(=O)N(c4ccccc4Cl)C(=O)C32)c1. The molecule has 2 aliphatic rings. The molecule has 2 unspecified atom stereocenters. The van der Waals surface area contributed by atoms with Crippen molar-refractivity contribution in [3.63, 3.8) is 0 Å². The Morgan fingerprint density at radius 1 is 1.08 bits per heavy atom. The van der Waals surface area contributed by atoms with Gasteiger partial charge in [-0.1, -0.05) is 58.8 Å².